The van der Waals surface area contributed by atoms with Crippen LogP contribution in [-0.4, -0.2) is 29.2 Å². The lowest BCUT2D eigenvalue weighted by Crippen LogP contribution is -2.35. The number of likely N-dealkylation sites (tertiary alicyclic amines) is 1. The smallest absolute Gasteiger partial charge is 0.245 e. The van der Waals surface area contributed by atoms with E-state index < -0.39 is 0 Å². The largest absolute Gasteiger partial charge is 0.282 e. The topological polar surface area (TPSA) is 75.7 Å². The minimum Gasteiger partial charge on any atom is -0.282 e. The number of hydroxylamine groups is 1. The number of nitrogens with zero attached hydrogens (tertiary/aromatic N) is 1. The number of rotatable bonds is 6. The predicted octanol–water partition coefficient (Wildman–Crippen LogP) is 1.80. The zero-order valence-electron chi connectivity index (χ0n) is 13.6. The first kappa shape index (κ1) is 16.6. The summed E-state index contributed by atoms with van der Waals surface area (Å²) in [6.07, 6.45) is 3.64. The van der Waals surface area contributed by atoms with E-state index in [4.69, 9.17) is 4.84 Å². The van der Waals surface area contributed by atoms with Gasteiger partial charge in [-0.1, -0.05) is 43.2 Å². The molecule has 0 aromatic heterocycles. The maximum Gasteiger partial charge on any atom is 0.245 e. The average molecular weight is 330 g/mol. The molecule has 24 heavy (non-hydrogen) atoms. The van der Waals surface area contributed by atoms with Crippen molar-refractivity contribution in [3.05, 3.63) is 35.9 Å². The normalized spacial score (nSPS) is 23.2. The third-order valence-electron chi connectivity index (χ3n) is 4.76. The maximum atomic E-state index is 12.3. The predicted molar refractivity (Wildman–Crippen MR) is 86.2 cm³/mol. The van der Waals surface area contributed by atoms with Crippen molar-refractivity contribution < 1.29 is 19.2 Å². The monoisotopic (exact) mass is 330 g/mol. The molecule has 3 rings (SSSR count). The molecule has 2 atom stereocenters. The highest BCUT2D eigenvalue weighted by Gasteiger charge is 2.47. The Balaban J connectivity index is 1.42. The van der Waals surface area contributed by atoms with Crippen LogP contribution in [-0.2, 0) is 25.8 Å². The highest BCUT2D eigenvalue weighted by atomic mass is 16.6. The van der Waals surface area contributed by atoms with Crippen LogP contribution in [0.15, 0.2) is 30.3 Å². The lowest BCUT2D eigenvalue weighted by molar-refractivity contribution is -0.141. The Morgan fingerprint density at radius 1 is 1.08 bits per heavy atom. The van der Waals surface area contributed by atoms with Crippen LogP contribution in [0.25, 0.3) is 0 Å². The quantitative estimate of drug-likeness (QED) is 0.637. The molecule has 1 heterocycles. The molecule has 3 amide bonds. The van der Waals surface area contributed by atoms with Gasteiger partial charge in [-0.3, -0.25) is 24.1 Å². The zero-order valence-corrected chi connectivity index (χ0v) is 13.6. The van der Waals surface area contributed by atoms with Crippen LogP contribution < -0.4 is 5.48 Å². The van der Waals surface area contributed by atoms with E-state index in [1.807, 2.05) is 30.3 Å². The molecule has 6 nitrogen and oxygen atoms in total. The van der Waals surface area contributed by atoms with Crippen molar-refractivity contribution in [3.8, 4) is 0 Å². The molecular formula is C18H22N2O4. The Morgan fingerprint density at radius 2 is 1.71 bits per heavy atom. The van der Waals surface area contributed by atoms with Crippen molar-refractivity contribution in [2.24, 2.45) is 11.8 Å². The molecule has 1 aromatic carbocycles. The molecular weight excluding hydrogens is 308 g/mol. The summed E-state index contributed by atoms with van der Waals surface area (Å²) < 4.78 is 0. The number of hydrogen-bond acceptors (Lipinski definition) is 4. The fraction of sp³-hybridized carbons (Fsp3) is 0.500. The number of hydrogen-bond donors (Lipinski definition) is 1. The van der Waals surface area contributed by atoms with Crippen LogP contribution in [0.1, 0.15) is 37.7 Å². The second-order valence-electron chi connectivity index (χ2n) is 6.38. The van der Waals surface area contributed by atoms with E-state index >= 15 is 0 Å². The number of carbonyl (C=O) groups is 3. The standard InChI is InChI=1S/C18H22N2O4/c21-16(19-24-12-13-6-2-1-3-7-13)10-11-20-17(22)14-8-4-5-9-15(14)18(20)23/h1-3,6-7,14-15H,4-5,8-12H2,(H,19,21)/t14-,15-/m0/s1. The van der Waals surface area contributed by atoms with E-state index in [-0.39, 0.29) is 49.1 Å². The Labute approximate surface area is 141 Å². The molecule has 1 saturated heterocycles. The first-order chi connectivity index (χ1) is 11.7. The summed E-state index contributed by atoms with van der Waals surface area (Å²) in [5.41, 5.74) is 3.31. The molecule has 2 aliphatic rings. The van der Waals surface area contributed by atoms with Crippen LogP contribution in [0.2, 0.25) is 0 Å². The Hall–Kier alpha value is -2.21. The van der Waals surface area contributed by atoms with Gasteiger partial charge in [0.1, 0.15) is 0 Å². The summed E-state index contributed by atoms with van der Waals surface area (Å²) in [5, 5.41) is 0. The first-order valence-electron chi connectivity index (χ1n) is 8.46. The van der Waals surface area contributed by atoms with E-state index in [0.29, 0.717) is 0 Å². The minimum absolute atomic E-state index is 0.0612. The van der Waals surface area contributed by atoms with Gasteiger partial charge in [0.05, 0.1) is 18.4 Å². The van der Waals surface area contributed by atoms with E-state index in [2.05, 4.69) is 5.48 Å². The number of fused-ring (bicyclic) bond motifs is 1. The van der Waals surface area contributed by atoms with Gasteiger partial charge in [-0.05, 0) is 18.4 Å². The SMILES string of the molecule is O=C(CCN1C(=O)[C@H]2CCCC[C@@H]2C1=O)NOCc1ccccc1. The van der Waals surface area contributed by atoms with Crippen LogP contribution in [0.4, 0.5) is 0 Å². The van der Waals surface area contributed by atoms with Crippen LogP contribution in [0.3, 0.4) is 0 Å². The van der Waals surface area contributed by atoms with Gasteiger partial charge in [-0.15, -0.1) is 0 Å². The average Bonchev–Trinajstić information content (AvgIpc) is 2.85. The maximum absolute atomic E-state index is 12.3. The second-order valence-corrected chi connectivity index (χ2v) is 6.38. The van der Waals surface area contributed by atoms with Crippen molar-refractivity contribution in [2.75, 3.05) is 6.54 Å². The third-order valence-corrected chi connectivity index (χ3v) is 4.76. The first-order valence-corrected chi connectivity index (χ1v) is 8.46. The van der Waals surface area contributed by atoms with Crippen molar-refractivity contribution in [2.45, 2.75) is 38.7 Å². The third kappa shape index (κ3) is 3.64. The summed E-state index contributed by atoms with van der Waals surface area (Å²) in [6, 6.07) is 9.49. The lowest BCUT2D eigenvalue weighted by Gasteiger charge is -2.19. The zero-order chi connectivity index (χ0) is 16.9. The fourth-order valence-corrected chi connectivity index (χ4v) is 3.49. The molecule has 1 aliphatic heterocycles. The lowest BCUT2D eigenvalue weighted by atomic mass is 9.81. The van der Waals surface area contributed by atoms with Gasteiger partial charge >= 0.3 is 0 Å². The van der Waals surface area contributed by atoms with E-state index in [1.165, 1.54) is 4.90 Å². The highest BCUT2D eigenvalue weighted by molar-refractivity contribution is 6.05. The molecule has 2 fully saturated rings. The summed E-state index contributed by atoms with van der Waals surface area (Å²) in [5.74, 6) is -0.876. The molecule has 0 bridgehead atoms. The van der Waals surface area contributed by atoms with Crippen LogP contribution in [0.5, 0.6) is 0 Å². The Morgan fingerprint density at radius 3 is 2.33 bits per heavy atom. The number of carbonyl (C=O) groups excluding carboxylic acids is 3. The second kappa shape index (κ2) is 7.57. The molecule has 128 valence electrons. The molecule has 1 aliphatic carbocycles. The number of imide groups is 1. The van der Waals surface area contributed by atoms with Crippen molar-refractivity contribution in [1.29, 1.82) is 0 Å². The molecule has 1 saturated carbocycles. The molecule has 0 unspecified atom stereocenters. The molecule has 6 heteroatoms. The Bertz CT molecular complexity index is 593. The summed E-state index contributed by atoms with van der Waals surface area (Å²) >= 11 is 0. The highest BCUT2D eigenvalue weighted by Crippen LogP contribution is 2.37. The summed E-state index contributed by atoms with van der Waals surface area (Å²) in [6.45, 7) is 0.406. The number of amides is 3. The van der Waals surface area contributed by atoms with Crippen LogP contribution in [0, 0.1) is 11.8 Å². The summed E-state index contributed by atoms with van der Waals surface area (Å²) in [7, 11) is 0. The number of nitrogens with one attached hydrogen (secondary N) is 1. The minimum atomic E-state index is -0.332. The van der Waals surface area contributed by atoms with Crippen molar-refractivity contribution >= 4 is 17.7 Å². The Kier molecular flexibility index (Phi) is 5.25. The van der Waals surface area contributed by atoms with Crippen LogP contribution >= 0.6 is 0 Å². The van der Waals surface area contributed by atoms with E-state index in [0.717, 1.165) is 31.2 Å². The van der Waals surface area contributed by atoms with E-state index in [9.17, 15) is 14.4 Å². The van der Waals surface area contributed by atoms with Gasteiger partial charge in [0.25, 0.3) is 0 Å². The van der Waals surface area contributed by atoms with Gasteiger partial charge in [0.15, 0.2) is 0 Å². The van der Waals surface area contributed by atoms with Gasteiger partial charge in [-0.2, -0.15) is 0 Å². The van der Waals surface area contributed by atoms with Gasteiger partial charge in [0.2, 0.25) is 17.7 Å². The van der Waals surface area contributed by atoms with Crippen molar-refractivity contribution in [3.63, 3.8) is 0 Å². The van der Waals surface area contributed by atoms with Crippen molar-refractivity contribution in [1.82, 2.24) is 10.4 Å². The molecule has 0 radical (unpaired) electrons. The van der Waals surface area contributed by atoms with E-state index in [1.54, 1.807) is 0 Å². The molecule has 0 spiro atoms. The van der Waals surface area contributed by atoms with Gasteiger partial charge < -0.3 is 0 Å². The summed E-state index contributed by atoms with van der Waals surface area (Å²) in [4.78, 5) is 42.9. The molecule has 1 aromatic rings. The van der Waals surface area contributed by atoms with Gasteiger partial charge in [-0.25, -0.2) is 5.48 Å². The fourth-order valence-electron chi connectivity index (χ4n) is 3.49. The molecule has 1 N–H and O–H groups in total. The van der Waals surface area contributed by atoms with Gasteiger partial charge in [0, 0.05) is 13.0 Å². The number of benzene rings is 1.